The van der Waals surface area contributed by atoms with Gasteiger partial charge in [-0.25, -0.2) is 4.98 Å². The van der Waals surface area contributed by atoms with Crippen LogP contribution in [-0.2, 0) is 11.3 Å². The summed E-state index contributed by atoms with van der Waals surface area (Å²) in [6.45, 7) is 8.80. The van der Waals surface area contributed by atoms with Gasteiger partial charge in [-0.1, -0.05) is 26.0 Å². The van der Waals surface area contributed by atoms with Crippen LogP contribution < -0.4 is 5.56 Å². The summed E-state index contributed by atoms with van der Waals surface area (Å²) in [4.78, 5) is 33.2. The van der Waals surface area contributed by atoms with E-state index in [4.69, 9.17) is 0 Å². The summed E-state index contributed by atoms with van der Waals surface area (Å²) in [5.74, 6) is 0.631. The van der Waals surface area contributed by atoms with Crippen LogP contribution in [0.4, 0.5) is 0 Å². The number of fused-ring (bicyclic) bond motifs is 1. The number of carbonyl (C=O) groups is 1. The van der Waals surface area contributed by atoms with E-state index in [1.54, 1.807) is 0 Å². The van der Waals surface area contributed by atoms with E-state index in [0.717, 1.165) is 38.2 Å². The Morgan fingerprint density at radius 3 is 2.58 bits per heavy atom. The van der Waals surface area contributed by atoms with Gasteiger partial charge in [0.1, 0.15) is 6.54 Å². The Morgan fingerprint density at radius 2 is 1.88 bits per heavy atom. The summed E-state index contributed by atoms with van der Waals surface area (Å²) in [7, 11) is 0. The van der Waals surface area contributed by atoms with E-state index in [2.05, 4.69) is 23.7 Å². The van der Waals surface area contributed by atoms with Gasteiger partial charge < -0.3 is 4.90 Å². The molecule has 0 N–H and O–H groups in total. The molecule has 128 valence electrons. The van der Waals surface area contributed by atoms with Gasteiger partial charge in [-0.2, -0.15) is 0 Å². The van der Waals surface area contributed by atoms with E-state index in [9.17, 15) is 9.59 Å². The normalized spacial score (nSPS) is 16.0. The highest BCUT2D eigenvalue weighted by molar-refractivity contribution is 5.80. The second-order valence-corrected chi connectivity index (χ2v) is 6.75. The van der Waals surface area contributed by atoms with Crippen LogP contribution in [0.5, 0.6) is 0 Å². The molecule has 1 aromatic heterocycles. The number of hydrogen-bond donors (Lipinski definition) is 0. The molecule has 0 radical (unpaired) electrons. The van der Waals surface area contributed by atoms with Gasteiger partial charge in [-0.15, -0.1) is 0 Å². The number of para-hydroxylation sites is 2. The molecule has 2 aromatic rings. The molecule has 0 saturated carbocycles. The maximum absolute atomic E-state index is 12.6. The van der Waals surface area contributed by atoms with Crippen molar-refractivity contribution in [3.8, 4) is 0 Å². The molecule has 1 amide bonds. The van der Waals surface area contributed by atoms with Crippen LogP contribution in [0.2, 0.25) is 0 Å². The molecule has 0 unspecified atom stereocenters. The number of aromatic nitrogens is 2. The summed E-state index contributed by atoms with van der Waals surface area (Å²) in [6.07, 6.45) is 1.29. The van der Waals surface area contributed by atoms with E-state index in [0.29, 0.717) is 11.4 Å². The monoisotopic (exact) mass is 328 g/mol. The Balaban J connectivity index is 1.70. The van der Waals surface area contributed by atoms with Crippen molar-refractivity contribution in [1.82, 2.24) is 19.4 Å². The molecule has 0 atom stereocenters. The molecular formula is C18H24N4O2. The maximum atomic E-state index is 12.6. The van der Waals surface area contributed by atoms with Crippen molar-refractivity contribution in [3.63, 3.8) is 0 Å². The Bertz CT molecular complexity index is 776. The number of nitrogens with zero attached hydrogens (tertiary/aromatic N) is 4. The molecule has 1 aliphatic heterocycles. The highest BCUT2D eigenvalue weighted by Gasteiger charge is 2.22. The Morgan fingerprint density at radius 1 is 1.17 bits per heavy atom. The standard InChI is InChI=1S/C18H24N4O2/c1-14(2)12-20-7-9-21(10-8-20)18(24)13-22-16-6-4-3-5-15(16)19-11-17(22)23/h3-6,11,14H,7-10,12-13H2,1-2H3. The topological polar surface area (TPSA) is 58.4 Å². The molecule has 1 aliphatic rings. The van der Waals surface area contributed by atoms with Crippen LogP contribution in [0.25, 0.3) is 11.0 Å². The highest BCUT2D eigenvalue weighted by Crippen LogP contribution is 2.10. The van der Waals surface area contributed by atoms with Gasteiger partial charge >= 0.3 is 0 Å². The van der Waals surface area contributed by atoms with E-state index in [1.807, 2.05) is 29.2 Å². The molecule has 1 fully saturated rings. The van der Waals surface area contributed by atoms with E-state index in [1.165, 1.54) is 10.8 Å². The SMILES string of the molecule is CC(C)CN1CCN(C(=O)Cn2c(=O)cnc3ccccc32)CC1. The number of hydrogen-bond acceptors (Lipinski definition) is 4. The summed E-state index contributed by atoms with van der Waals surface area (Å²) in [6, 6.07) is 7.41. The minimum absolute atomic E-state index is 0.00218. The average molecular weight is 328 g/mol. The molecule has 1 aromatic carbocycles. The van der Waals surface area contributed by atoms with Crippen LogP contribution in [0, 0.1) is 5.92 Å². The molecule has 1 saturated heterocycles. The number of piperazine rings is 1. The van der Waals surface area contributed by atoms with Gasteiger partial charge in [0.25, 0.3) is 5.56 Å². The van der Waals surface area contributed by atoms with E-state index >= 15 is 0 Å². The minimum Gasteiger partial charge on any atom is -0.339 e. The largest absolute Gasteiger partial charge is 0.339 e. The predicted molar refractivity (Wildman–Crippen MR) is 93.9 cm³/mol. The lowest BCUT2D eigenvalue weighted by atomic mass is 10.2. The molecule has 0 spiro atoms. The zero-order valence-corrected chi connectivity index (χ0v) is 14.3. The molecule has 6 heteroatoms. The number of amides is 1. The first-order valence-electron chi connectivity index (χ1n) is 8.49. The lowest BCUT2D eigenvalue weighted by Crippen LogP contribution is -2.50. The first-order chi connectivity index (χ1) is 11.5. The molecule has 0 aliphatic carbocycles. The van der Waals surface area contributed by atoms with Gasteiger partial charge in [0.2, 0.25) is 5.91 Å². The van der Waals surface area contributed by atoms with Crippen molar-refractivity contribution >= 4 is 16.9 Å². The zero-order chi connectivity index (χ0) is 17.1. The Kier molecular flexibility index (Phi) is 4.94. The fraction of sp³-hybridized carbons (Fsp3) is 0.500. The molecule has 3 rings (SSSR count). The van der Waals surface area contributed by atoms with Gasteiger partial charge in [0, 0.05) is 32.7 Å². The van der Waals surface area contributed by atoms with Crippen LogP contribution in [0.1, 0.15) is 13.8 Å². The second kappa shape index (κ2) is 7.13. The lowest BCUT2D eigenvalue weighted by molar-refractivity contribution is -0.133. The van der Waals surface area contributed by atoms with Gasteiger partial charge in [0.15, 0.2) is 0 Å². The molecule has 6 nitrogen and oxygen atoms in total. The van der Waals surface area contributed by atoms with Crippen LogP contribution in [0.15, 0.2) is 35.3 Å². The third-order valence-corrected chi connectivity index (χ3v) is 4.39. The number of benzene rings is 1. The summed E-state index contributed by atoms with van der Waals surface area (Å²) in [5, 5.41) is 0. The maximum Gasteiger partial charge on any atom is 0.269 e. The van der Waals surface area contributed by atoms with Crippen LogP contribution in [-0.4, -0.2) is 58.0 Å². The molecule has 2 heterocycles. The quantitative estimate of drug-likeness (QED) is 0.846. The molecular weight excluding hydrogens is 304 g/mol. The van der Waals surface area contributed by atoms with Gasteiger partial charge in [-0.05, 0) is 18.1 Å². The summed E-state index contributed by atoms with van der Waals surface area (Å²) < 4.78 is 1.52. The molecule has 24 heavy (non-hydrogen) atoms. The second-order valence-electron chi connectivity index (χ2n) is 6.75. The predicted octanol–water partition coefficient (Wildman–Crippen LogP) is 1.20. The Labute approximate surface area is 141 Å². The van der Waals surface area contributed by atoms with Crippen molar-refractivity contribution in [2.75, 3.05) is 32.7 Å². The van der Waals surface area contributed by atoms with Crippen molar-refractivity contribution < 1.29 is 4.79 Å². The van der Waals surface area contributed by atoms with Crippen molar-refractivity contribution in [1.29, 1.82) is 0 Å². The summed E-state index contributed by atoms with van der Waals surface area (Å²) in [5.41, 5.74) is 1.20. The lowest BCUT2D eigenvalue weighted by Gasteiger charge is -2.35. The van der Waals surface area contributed by atoms with Crippen molar-refractivity contribution in [3.05, 3.63) is 40.8 Å². The highest BCUT2D eigenvalue weighted by atomic mass is 16.2. The Hall–Kier alpha value is -2.21. The van der Waals surface area contributed by atoms with Gasteiger partial charge in [-0.3, -0.25) is 19.1 Å². The third kappa shape index (κ3) is 3.64. The van der Waals surface area contributed by atoms with Crippen LogP contribution in [0.3, 0.4) is 0 Å². The smallest absolute Gasteiger partial charge is 0.269 e. The van der Waals surface area contributed by atoms with Crippen molar-refractivity contribution in [2.24, 2.45) is 5.92 Å². The first-order valence-corrected chi connectivity index (χ1v) is 8.49. The zero-order valence-electron chi connectivity index (χ0n) is 14.3. The van der Waals surface area contributed by atoms with Crippen LogP contribution >= 0.6 is 0 Å². The fourth-order valence-corrected chi connectivity index (χ4v) is 3.21. The van der Waals surface area contributed by atoms with E-state index < -0.39 is 0 Å². The fourth-order valence-electron chi connectivity index (χ4n) is 3.21. The number of carbonyl (C=O) groups excluding carboxylic acids is 1. The van der Waals surface area contributed by atoms with Gasteiger partial charge in [0.05, 0.1) is 17.2 Å². The number of rotatable bonds is 4. The third-order valence-electron chi connectivity index (χ3n) is 4.39. The summed E-state index contributed by atoms with van der Waals surface area (Å²) >= 11 is 0. The molecule has 0 bridgehead atoms. The van der Waals surface area contributed by atoms with E-state index in [-0.39, 0.29) is 18.0 Å². The van der Waals surface area contributed by atoms with Crippen molar-refractivity contribution in [2.45, 2.75) is 20.4 Å². The average Bonchev–Trinajstić information content (AvgIpc) is 2.57. The minimum atomic E-state index is -0.236. The first kappa shape index (κ1) is 16.6.